The maximum absolute atomic E-state index is 12.3. The molecular formula is C17H15N7O2. The third-order valence-corrected chi connectivity index (χ3v) is 3.98. The lowest BCUT2D eigenvalue weighted by molar-refractivity contribution is -0.121. The minimum absolute atomic E-state index is 0.183. The molecule has 0 radical (unpaired) electrons. The van der Waals surface area contributed by atoms with Crippen molar-refractivity contribution in [3.63, 3.8) is 0 Å². The van der Waals surface area contributed by atoms with Crippen LogP contribution in [-0.4, -0.2) is 42.0 Å². The first-order valence-corrected chi connectivity index (χ1v) is 8.10. The fourth-order valence-electron chi connectivity index (χ4n) is 2.69. The number of carbonyl (C=O) groups excluding carboxylic acids is 1. The zero-order chi connectivity index (χ0) is 17.9. The van der Waals surface area contributed by atoms with Crippen LogP contribution in [0.2, 0.25) is 0 Å². The molecule has 0 saturated carbocycles. The highest BCUT2D eigenvalue weighted by Crippen LogP contribution is 2.04. The molecular weight excluding hydrogens is 334 g/mol. The second kappa shape index (κ2) is 6.71. The molecule has 0 saturated heterocycles. The molecule has 0 atom stereocenters. The molecule has 1 N–H and O–H groups in total. The third kappa shape index (κ3) is 3.02. The Kier molecular flexibility index (Phi) is 4.10. The number of pyridine rings is 1. The van der Waals surface area contributed by atoms with Crippen LogP contribution in [0.25, 0.3) is 16.6 Å². The minimum Gasteiger partial charge on any atom is -0.354 e. The number of carbonyl (C=O) groups is 1. The molecule has 3 aromatic heterocycles. The van der Waals surface area contributed by atoms with Crippen molar-refractivity contribution >= 4 is 22.5 Å². The van der Waals surface area contributed by atoms with Gasteiger partial charge in [-0.1, -0.05) is 23.4 Å². The minimum atomic E-state index is -0.339. The normalized spacial score (nSPS) is 11.1. The Balaban J connectivity index is 1.40. The van der Waals surface area contributed by atoms with Crippen LogP contribution in [-0.2, 0) is 17.8 Å². The number of hydrogen-bond donors (Lipinski definition) is 1. The van der Waals surface area contributed by atoms with Crippen LogP contribution in [0.3, 0.4) is 0 Å². The Bertz CT molecular complexity index is 1150. The SMILES string of the molecule is O=C(Cn1nnc2ccccc2c1=O)NCCc1nnc2ccccn12. The van der Waals surface area contributed by atoms with Crippen molar-refractivity contribution in [2.24, 2.45) is 0 Å². The van der Waals surface area contributed by atoms with Crippen LogP contribution in [0.15, 0.2) is 53.5 Å². The lowest BCUT2D eigenvalue weighted by atomic mass is 10.2. The van der Waals surface area contributed by atoms with E-state index in [1.807, 2.05) is 28.8 Å². The fraction of sp³-hybridized carbons (Fsp3) is 0.176. The first-order valence-electron chi connectivity index (χ1n) is 8.10. The largest absolute Gasteiger partial charge is 0.354 e. The summed E-state index contributed by atoms with van der Waals surface area (Å²) in [6.45, 7) is 0.196. The van der Waals surface area contributed by atoms with Crippen LogP contribution in [0.5, 0.6) is 0 Å². The molecule has 0 fully saturated rings. The Morgan fingerprint density at radius 2 is 1.88 bits per heavy atom. The summed E-state index contributed by atoms with van der Waals surface area (Å²) in [6.07, 6.45) is 2.39. The Morgan fingerprint density at radius 1 is 1.04 bits per heavy atom. The molecule has 9 heteroatoms. The molecule has 130 valence electrons. The molecule has 1 amide bonds. The van der Waals surface area contributed by atoms with E-state index in [1.165, 1.54) is 0 Å². The molecule has 0 aliphatic carbocycles. The van der Waals surface area contributed by atoms with Crippen molar-refractivity contribution in [1.29, 1.82) is 0 Å². The monoisotopic (exact) mass is 349 g/mol. The molecule has 0 bridgehead atoms. The van der Waals surface area contributed by atoms with Gasteiger partial charge in [0.25, 0.3) is 5.56 Å². The van der Waals surface area contributed by atoms with Gasteiger partial charge in [0.05, 0.1) is 5.39 Å². The Morgan fingerprint density at radius 3 is 2.81 bits per heavy atom. The third-order valence-electron chi connectivity index (χ3n) is 3.98. The smallest absolute Gasteiger partial charge is 0.278 e. The van der Waals surface area contributed by atoms with Crippen molar-refractivity contribution in [2.75, 3.05) is 6.54 Å². The van der Waals surface area contributed by atoms with Crippen molar-refractivity contribution in [2.45, 2.75) is 13.0 Å². The fourth-order valence-corrected chi connectivity index (χ4v) is 2.69. The lowest BCUT2D eigenvalue weighted by Crippen LogP contribution is -2.35. The molecule has 4 rings (SSSR count). The van der Waals surface area contributed by atoms with Gasteiger partial charge in [-0.3, -0.25) is 14.0 Å². The number of nitrogens with one attached hydrogen (secondary N) is 1. The number of amides is 1. The number of benzene rings is 1. The van der Waals surface area contributed by atoms with Gasteiger partial charge in [0.1, 0.15) is 17.9 Å². The summed E-state index contributed by atoms with van der Waals surface area (Å²) in [7, 11) is 0. The van der Waals surface area contributed by atoms with E-state index in [-0.39, 0.29) is 18.0 Å². The summed E-state index contributed by atoms with van der Waals surface area (Å²) >= 11 is 0. The van der Waals surface area contributed by atoms with E-state index in [2.05, 4.69) is 25.8 Å². The van der Waals surface area contributed by atoms with E-state index < -0.39 is 0 Å². The zero-order valence-corrected chi connectivity index (χ0v) is 13.7. The van der Waals surface area contributed by atoms with E-state index in [1.54, 1.807) is 24.3 Å². The highest BCUT2D eigenvalue weighted by molar-refractivity contribution is 5.78. The van der Waals surface area contributed by atoms with Crippen LogP contribution >= 0.6 is 0 Å². The molecule has 0 spiro atoms. The van der Waals surface area contributed by atoms with Crippen LogP contribution in [0, 0.1) is 0 Å². The van der Waals surface area contributed by atoms with E-state index in [9.17, 15) is 9.59 Å². The predicted octanol–water partition coefficient (Wildman–Crippen LogP) is 0.193. The number of nitrogens with zero attached hydrogens (tertiary/aromatic N) is 6. The molecule has 4 aromatic rings. The first kappa shape index (κ1) is 15.9. The standard InChI is InChI=1S/C17H15N7O2/c25-16(11-24-17(26)12-5-1-2-6-13(12)19-22-24)18-9-8-15-21-20-14-7-3-4-10-23(14)15/h1-7,10H,8-9,11H2,(H,18,25). The summed E-state index contributed by atoms with van der Waals surface area (Å²) < 4.78 is 2.93. The van der Waals surface area contributed by atoms with Gasteiger partial charge < -0.3 is 5.32 Å². The number of hydrogen-bond acceptors (Lipinski definition) is 6. The van der Waals surface area contributed by atoms with E-state index in [0.29, 0.717) is 23.9 Å². The highest BCUT2D eigenvalue weighted by atomic mass is 16.2. The van der Waals surface area contributed by atoms with Crippen LogP contribution in [0.4, 0.5) is 0 Å². The van der Waals surface area contributed by atoms with Crippen LogP contribution < -0.4 is 10.9 Å². The number of aromatic nitrogens is 6. The zero-order valence-electron chi connectivity index (χ0n) is 13.7. The summed E-state index contributed by atoms with van der Waals surface area (Å²) in [4.78, 5) is 24.4. The van der Waals surface area contributed by atoms with E-state index in [0.717, 1.165) is 16.2 Å². The summed E-state index contributed by atoms with van der Waals surface area (Å²) in [5, 5.41) is 19.1. The molecule has 0 aliphatic heterocycles. The summed E-state index contributed by atoms with van der Waals surface area (Å²) in [6, 6.07) is 12.5. The highest BCUT2D eigenvalue weighted by Gasteiger charge is 2.10. The van der Waals surface area contributed by atoms with E-state index >= 15 is 0 Å². The van der Waals surface area contributed by atoms with Gasteiger partial charge in [-0.2, -0.15) is 0 Å². The summed E-state index contributed by atoms with van der Waals surface area (Å²) in [5.41, 5.74) is 0.925. The quantitative estimate of drug-likeness (QED) is 0.551. The van der Waals surface area contributed by atoms with Gasteiger partial charge in [0.15, 0.2) is 5.65 Å². The van der Waals surface area contributed by atoms with Crippen molar-refractivity contribution < 1.29 is 4.79 Å². The maximum Gasteiger partial charge on any atom is 0.278 e. The molecule has 26 heavy (non-hydrogen) atoms. The van der Waals surface area contributed by atoms with Crippen molar-refractivity contribution in [3.05, 3.63) is 64.8 Å². The van der Waals surface area contributed by atoms with Gasteiger partial charge >= 0.3 is 0 Å². The lowest BCUT2D eigenvalue weighted by Gasteiger charge is -2.06. The Labute approximate surface area is 147 Å². The average Bonchev–Trinajstić information content (AvgIpc) is 3.08. The van der Waals surface area contributed by atoms with Gasteiger partial charge in [-0.25, -0.2) is 4.68 Å². The molecule has 3 heterocycles. The Hall–Kier alpha value is -3.62. The first-order chi connectivity index (χ1) is 12.7. The topological polar surface area (TPSA) is 107 Å². The predicted molar refractivity (Wildman–Crippen MR) is 93.5 cm³/mol. The van der Waals surface area contributed by atoms with Gasteiger partial charge in [0.2, 0.25) is 5.91 Å². The average molecular weight is 349 g/mol. The van der Waals surface area contributed by atoms with Gasteiger partial charge in [-0.15, -0.1) is 15.3 Å². The molecule has 0 unspecified atom stereocenters. The van der Waals surface area contributed by atoms with E-state index in [4.69, 9.17) is 0 Å². The second-order valence-electron chi connectivity index (χ2n) is 5.71. The molecule has 0 aliphatic rings. The number of fused-ring (bicyclic) bond motifs is 2. The maximum atomic E-state index is 12.3. The molecule has 9 nitrogen and oxygen atoms in total. The summed E-state index contributed by atoms with van der Waals surface area (Å²) in [5.74, 6) is 0.439. The van der Waals surface area contributed by atoms with Crippen molar-refractivity contribution in [3.8, 4) is 0 Å². The van der Waals surface area contributed by atoms with Crippen LogP contribution in [0.1, 0.15) is 5.82 Å². The number of rotatable bonds is 5. The van der Waals surface area contributed by atoms with Gasteiger partial charge in [-0.05, 0) is 24.3 Å². The van der Waals surface area contributed by atoms with Gasteiger partial charge in [0, 0.05) is 19.2 Å². The molecule has 1 aromatic carbocycles. The van der Waals surface area contributed by atoms with Crippen molar-refractivity contribution in [1.82, 2.24) is 34.9 Å². The second-order valence-corrected chi connectivity index (χ2v) is 5.71.